The Balaban J connectivity index is 1.70. The van der Waals surface area contributed by atoms with Crippen LogP contribution in [0, 0.1) is 13.8 Å². The van der Waals surface area contributed by atoms with Gasteiger partial charge in [-0.1, -0.05) is 11.8 Å². The zero-order valence-electron chi connectivity index (χ0n) is 16.3. The predicted octanol–water partition coefficient (Wildman–Crippen LogP) is 2.50. The van der Waals surface area contributed by atoms with Crippen molar-refractivity contribution in [2.24, 2.45) is 0 Å². The largest absolute Gasteiger partial charge is 0.493 e. The Kier molecular flexibility index (Phi) is 5.88. The summed E-state index contributed by atoms with van der Waals surface area (Å²) in [4.78, 5) is 21.1. The highest BCUT2D eigenvalue weighted by molar-refractivity contribution is 7.99. The van der Waals surface area contributed by atoms with E-state index in [2.05, 4.69) is 20.4 Å². The highest BCUT2D eigenvalue weighted by Gasteiger charge is 2.15. The van der Waals surface area contributed by atoms with Gasteiger partial charge in [-0.15, -0.1) is 5.10 Å². The van der Waals surface area contributed by atoms with Gasteiger partial charge in [-0.2, -0.15) is 4.98 Å². The van der Waals surface area contributed by atoms with Gasteiger partial charge < -0.3 is 19.5 Å². The van der Waals surface area contributed by atoms with E-state index in [4.69, 9.17) is 14.2 Å². The third-order valence-electron chi connectivity index (χ3n) is 3.88. The first-order chi connectivity index (χ1) is 13.4. The zero-order chi connectivity index (χ0) is 20.3. The van der Waals surface area contributed by atoms with E-state index in [1.54, 1.807) is 16.6 Å². The summed E-state index contributed by atoms with van der Waals surface area (Å²) in [5, 5.41) is 7.68. The molecule has 0 spiro atoms. The Bertz CT molecular complexity index is 996. The Morgan fingerprint density at radius 3 is 2.36 bits per heavy atom. The molecule has 0 saturated heterocycles. The van der Waals surface area contributed by atoms with E-state index in [9.17, 15) is 4.79 Å². The van der Waals surface area contributed by atoms with E-state index in [0.29, 0.717) is 33.9 Å². The van der Waals surface area contributed by atoms with Crippen LogP contribution in [0.4, 0.5) is 5.69 Å². The number of rotatable bonds is 7. The summed E-state index contributed by atoms with van der Waals surface area (Å²) in [7, 11) is 4.56. The lowest BCUT2D eigenvalue weighted by Crippen LogP contribution is -2.14. The van der Waals surface area contributed by atoms with Crippen LogP contribution in [-0.4, -0.2) is 52.6 Å². The number of benzene rings is 1. The number of nitrogens with one attached hydrogen (secondary N) is 1. The number of methoxy groups -OCH3 is 3. The highest BCUT2D eigenvalue weighted by atomic mass is 32.2. The fourth-order valence-electron chi connectivity index (χ4n) is 2.69. The van der Waals surface area contributed by atoms with Crippen LogP contribution in [0.3, 0.4) is 0 Å². The lowest BCUT2D eigenvalue weighted by Gasteiger charge is -2.14. The number of aryl methyl sites for hydroxylation is 2. The molecular weight excluding hydrogens is 382 g/mol. The number of anilines is 1. The van der Waals surface area contributed by atoms with Crippen LogP contribution in [0.1, 0.15) is 11.4 Å². The first kappa shape index (κ1) is 19.7. The van der Waals surface area contributed by atoms with Gasteiger partial charge in [0.1, 0.15) is 0 Å². The summed E-state index contributed by atoms with van der Waals surface area (Å²) in [5.74, 6) is 1.84. The minimum atomic E-state index is -0.209. The number of thioether (sulfide) groups is 1. The fourth-order valence-corrected chi connectivity index (χ4v) is 3.31. The fraction of sp³-hybridized carbons (Fsp3) is 0.333. The summed E-state index contributed by atoms with van der Waals surface area (Å²) in [6.45, 7) is 3.83. The normalized spacial score (nSPS) is 10.8. The van der Waals surface area contributed by atoms with Crippen molar-refractivity contribution in [3.63, 3.8) is 0 Å². The number of hydrogen-bond donors (Lipinski definition) is 1. The van der Waals surface area contributed by atoms with Gasteiger partial charge >= 0.3 is 0 Å². The van der Waals surface area contributed by atoms with Crippen molar-refractivity contribution in [1.82, 2.24) is 19.6 Å². The number of aromatic nitrogens is 4. The van der Waals surface area contributed by atoms with Crippen molar-refractivity contribution in [1.29, 1.82) is 0 Å². The summed E-state index contributed by atoms with van der Waals surface area (Å²) in [6.07, 6.45) is 0. The minimum absolute atomic E-state index is 0.144. The smallest absolute Gasteiger partial charge is 0.253 e. The molecule has 0 aliphatic heterocycles. The van der Waals surface area contributed by atoms with Crippen LogP contribution in [0.2, 0.25) is 0 Å². The molecule has 0 bridgehead atoms. The van der Waals surface area contributed by atoms with E-state index >= 15 is 0 Å². The maximum Gasteiger partial charge on any atom is 0.253 e. The molecule has 9 nitrogen and oxygen atoms in total. The van der Waals surface area contributed by atoms with E-state index < -0.39 is 0 Å². The molecular formula is C18H21N5O4S. The molecule has 0 unspecified atom stereocenters. The van der Waals surface area contributed by atoms with Gasteiger partial charge in [-0.05, 0) is 19.9 Å². The molecule has 1 N–H and O–H groups in total. The molecule has 3 rings (SSSR count). The SMILES string of the molecule is COc1cc(NC(=O)CSc2nc3nc(C)cc(C)n3n2)cc(OC)c1OC. The average molecular weight is 403 g/mol. The first-order valence-corrected chi connectivity index (χ1v) is 9.37. The number of nitrogens with zero attached hydrogens (tertiary/aromatic N) is 4. The average Bonchev–Trinajstić information content (AvgIpc) is 3.08. The molecule has 1 aromatic carbocycles. The molecule has 2 heterocycles. The second kappa shape index (κ2) is 8.34. The van der Waals surface area contributed by atoms with Crippen LogP contribution >= 0.6 is 11.8 Å². The summed E-state index contributed by atoms with van der Waals surface area (Å²) in [5.41, 5.74) is 2.34. The van der Waals surface area contributed by atoms with Crippen LogP contribution in [-0.2, 0) is 4.79 Å². The van der Waals surface area contributed by atoms with Gasteiger partial charge in [0.2, 0.25) is 16.8 Å². The van der Waals surface area contributed by atoms with Crippen molar-refractivity contribution < 1.29 is 19.0 Å². The number of hydrogen-bond acceptors (Lipinski definition) is 8. The molecule has 0 atom stereocenters. The Morgan fingerprint density at radius 2 is 1.75 bits per heavy atom. The van der Waals surface area contributed by atoms with Gasteiger partial charge in [-0.3, -0.25) is 4.79 Å². The second-order valence-corrected chi connectivity index (χ2v) is 6.84. The van der Waals surface area contributed by atoms with Crippen LogP contribution < -0.4 is 19.5 Å². The van der Waals surface area contributed by atoms with Gasteiger partial charge in [0.05, 0.1) is 27.1 Å². The van der Waals surface area contributed by atoms with Gasteiger partial charge in [0.25, 0.3) is 5.78 Å². The minimum Gasteiger partial charge on any atom is -0.493 e. The summed E-state index contributed by atoms with van der Waals surface area (Å²) in [6, 6.07) is 5.26. The van der Waals surface area contributed by atoms with E-state index in [1.165, 1.54) is 33.1 Å². The first-order valence-electron chi connectivity index (χ1n) is 8.38. The van der Waals surface area contributed by atoms with Crippen molar-refractivity contribution >= 4 is 29.1 Å². The van der Waals surface area contributed by atoms with Crippen molar-refractivity contribution in [3.05, 3.63) is 29.6 Å². The monoisotopic (exact) mass is 403 g/mol. The standard InChI is InChI=1S/C18H21N5O4S/c1-10-6-11(2)23-17(19-10)21-18(22-23)28-9-15(24)20-12-7-13(25-3)16(27-5)14(8-12)26-4/h6-8H,9H2,1-5H3,(H,20,24). The Labute approximate surface area is 166 Å². The molecule has 10 heteroatoms. The van der Waals surface area contributed by atoms with Crippen LogP contribution in [0.25, 0.3) is 5.78 Å². The molecule has 0 fully saturated rings. The predicted molar refractivity (Wildman–Crippen MR) is 106 cm³/mol. The van der Waals surface area contributed by atoms with Gasteiger partial charge in [0, 0.05) is 29.2 Å². The zero-order valence-corrected chi connectivity index (χ0v) is 17.1. The lowest BCUT2D eigenvalue weighted by molar-refractivity contribution is -0.113. The van der Waals surface area contributed by atoms with E-state index in [-0.39, 0.29) is 11.7 Å². The third kappa shape index (κ3) is 4.11. The number of fused-ring (bicyclic) bond motifs is 1. The van der Waals surface area contributed by atoms with E-state index in [0.717, 1.165) is 11.4 Å². The summed E-state index contributed by atoms with van der Waals surface area (Å²) < 4.78 is 17.5. The topological polar surface area (TPSA) is 99.9 Å². The Morgan fingerprint density at radius 1 is 1.07 bits per heavy atom. The van der Waals surface area contributed by atoms with Crippen molar-refractivity contribution in [2.45, 2.75) is 19.0 Å². The molecule has 0 radical (unpaired) electrons. The molecule has 28 heavy (non-hydrogen) atoms. The molecule has 1 amide bonds. The molecule has 0 saturated carbocycles. The quantitative estimate of drug-likeness (QED) is 0.601. The third-order valence-corrected chi connectivity index (χ3v) is 4.72. The lowest BCUT2D eigenvalue weighted by atomic mass is 10.2. The molecule has 0 aliphatic rings. The van der Waals surface area contributed by atoms with Crippen molar-refractivity contribution in [3.8, 4) is 17.2 Å². The number of carbonyl (C=O) groups excluding carboxylic acids is 1. The maximum absolute atomic E-state index is 12.4. The van der Waals surface area contributed by atoms with Crippen LogP contribution in [0.15, 0.2) is 23.4 Å². The van der Waals surface area contributed by atoms with Crippen LogP contribution in [0.5, 0.6) is 17.2 Å². The second-order valence-electron chi connectivity index (χ2n) is 5.90. The number of carbonyl (C=O) groups is 1. The molecule has 0 aliphatic carbocycles. The highest BCUT2D eigenvalue weighted by Crippen LogP contribution is 2.39. The van der Waals surface area contributed by atoms with E-state index in [1.807, 2.05) is 19.9 Å². The number of amides is 1. The molecule has 2 aromatic heterocycles. The van der Waals surface area contributed by atoms with Gasteiger partial charge in [0.15, 0.2) is 11.5 Å². The molecule has 3 aromatic rings. The van der Waals surface area contributed by atoms with Crippen molar-refractivity contribution in [2.75, 3.05) is 32.4 Å². The Hall–Kier alpha value is -3.01. The summed E-state index contributed by atoms with van der Waals surface area (Å²) >= 11 is 1.23. The molecule has 148 valence electrons. The van der Waals surface area contributed by atoms with Gasteiger partial charge in [-0.25, -0.2) is 9.50 Å². The maximum atomic E-state index is 12.4. The number of ether oxygens (including phenoxy) is 3.